The summed E-state index contributed by atoms with van der Waals surface area (Å²) in [5.74, 6) is -0.934. The molecule has 3 fully saturated rings. The fourth-order valence-electron chi connectivity index (χ4n) is 5.90. The third kappa shape index (κ3) is 8.18. The van der Waals surface area contributed by atoms with Crippen molar-refractivity contribution in [2.24, 2.45) is 0 Å². The fraction of sp³-hybridized carbons (Fsp3) is 0.581. The Morgan fingerprint density at radius 3 is 2.44 bits per heavy atom. The lowest BCUT2D eigenvalue weighted by Gasteiger charge is -2.43. The largest absolute Gasteiger partial charge is 0.573 e. The van der Waals surface area contributed by atoms with Crippen LogP contribution >= 0.6 is 0 Å². The van der Waals surface area contributed by atoms with Gasteiger partial charge in [0.1, 0.15) is 17.6 Å². The van der Waals surface area contributed by atoms with Crippen molar-refractivity contribution < 1.29 is 51.1 Å². The first-order valence-corrected chi connectivity index (χ1v) is 14.4. The third-order valence-electron chi connectivity index (χ3n) is 7.82. The first-order valence-electron chi connectivity index (χ1n) is 14.4. The molecule has 1 saturated carbocycles. The molecular formula is C31H38F3NO8. The Labute approximate surface area is 248 Å². The first kappa shape index (κ1) is 31.5. The van der Waals surface area contributed by atoms with Crippen LogP contribution in [0.5, 0.6) is 11.5 Å². The molecule has 0 bridgehead atoms. The summed E-state index contributed by atoms with van der Waals surface area (Å²) in [4.78, 5) is 14.0. The normalized spacial score (nSPS) is 28.3. The van der Waals surface area contributed by atoms with Crippen LogP contribution in [0.25, 0.3) is 0 Å². The van der Waals surface area contributed by atoms with Gasteiger partial charge in [0, 0.05) is 26.0 Å². The summed E-state index contributed by atoms with van der Waals surface area (Å²) in [6.07, 6.45) is -4.47. The molecule has 5 rings (SSSR count). The first-order chi connectivity index (χ1) is 20.4. The minimum Gasteiger partial charge on any atom is -0.497 e. The molecule has 43 heavy (non-hydrogen) atoms. The van der Waals surface area contributed by atoms with Gasteiger partial charge >= 0.3 is 6.36 Å². The summed E-state index contributed by atoms with van der Waals surface area (Å²) in [5.41, 5.74) is -0.0677. The maximum Gasteiger partial charge on any atom is 0.573 e. The van der Waals surface area contributed by atoms with Gasteiger partial charge in [-0.2, -0.15) is 0 Å². The van der Waals surface area contributed by atoms with Gasteiger partial charge in [0.15, 0.2) is 11.4 Å². The molecule has 236 valence electrons. The molecule has 9 nitrogen and oxygen atoms in total. The number of hydrogen-bond acceptors (Lipinski definition) is 8. The number of carbonyl (C=O) groups is 1. The van der Waals surface area contributed by atoms with E-state index in [1.54, 1.807) is 27.0 Å². The van der Waals surface area contributed by atoms with Crippen LogP contribution < -0.4 is 14.8 Å². The van der Waals surface area contributed by atoms with E-state index in [4.69, 9.17) is 28.4 Å². The van der Waals surface area contributed by atoms with Crippen molar-refractivity contribution in [1.29, 1.82) is 0 Å². The average Bonchev–Trinajstić information content (AvgIpc) is 3.59. The van der Waals surface area contributed by atoms with Gasteiger partial charge in [-0.05, 0) is 62.1 Å². The molecule has 1 aliphatic carbocycles. The van der Waals surface area contributed by atoms with Crippen LogP contribution in [0.1, 0.15) is 50.7 Å². The number of alkyl halides is 3. The molecule has 5 atom stereocenters. The Bertz CT molecular complexity index is 1250. The Morgan fingerprint density at radius 2 is 1.74 bits per heavy atom. The highest BCUT2D eigenvalue weighted by Crippen LogP contribution is 2.44. The predicted octanol–water partition coefficient (Wildman–Crippen LogP) is 5.04. The van der Waals surface area contributed by atoms with E-state index < -0.39 is 36.1 Å². The molecule has 1 N–H and O–H groups in total. The highest BCUT2D eigenvalue weighted by Gasteiger charge is 2.58. The van der Waals surface area contributed by atoms with Crippen molar-refractivity contribution in [3.05, 3.63) is 59.7 Å². The second-order valence-electron chi connectivity index (χ2n) is 11.6. The van der Waals surface area contributed by atoms with Crippen LogP contribution in [0.2, 0.25) is 0 Å². The number of methoxy groups -OCH3 is 1. The third-order valence-corrected chi connectivity index (χ3v) is 7.82. The van der Waals surface area contributed by atoms with Gasteiger partial charge in [-0.15, -0.1) is 13.2 Å². The van der Waals surface area contributed by atoms with Crippen molar-refractivity contribution in [2.45, 2.75) is 94.9 Å². The van der Waals surface area contributed by atoms with E-state index in [2.05, 4.69) is 10.1 Å². The second-order valence-corrected chi connectivity index (χ2v) is 11.6. The zero-order chi connectivity index (χ0) is 30.7. The van der Waals surface area contributed by atoms with Gasteiger partial charge in [0.2, 0.25) is 0 Å². The summed E-state index contributed by atoms with van der Waals surface area (Å²) < 4.78 is 78.7. The maximum absolute atomic E-state index is 14.0. The number of amides is 1. The van der Waals surface area contributed by atoms with Crippen molar-refractivity contribution in [2.75, 3.05) is 20.3 Å². The summed E-state index contributed by atoms with van der Waals surface area (Å²) in [5, 5.41) is 3.03. The van der Waals surface area contributed by atoms with Gasteiger partial charge in [0.05, 0.1) is 38.6 Å². The van der Waals surface area contributed by atoms with E-state index in [1.165, 1.54) is 18.2 Å². The van der Waals surface area contributed by atoms with Crippen molar-refractivity contribution in [1.82, 2.24) is 5.32 Å². The molecule has 2 heterocycles. The number of ether oxygens (including phenoxy) is 7. The quantitative estimate of drug-likeness (QED) is 0.379. The molecule has 2 aliphatic heterocycles. The number of benzene rings is 2. The van der Waals surface area contributed by atoms with Gasteiger partial charge in [-0.3, -0.25) is 4.79 Å². The maximum atomic E-state index is 14.0. The molecule has 2 aromatic rings. The van der Waals surface area contributed by atoms with Gasteiger partial charge in [0.25, 0.3) is 5.91 Å². The molecule has 12 heteroatoms. The number of nitrogens with one attached hydrogen (secondary N) is 1. The van der Waals surface area contributed by atoms with E-state index in [0.29, 0.717) is 24.5 Å². The van der Waals surface area contributed by atoms with Crippen LogP contribution in [0.3, 0.4) is 0 Å². The lowest BCUT2D eigenvalue weighted by atomic mass is 9.78. The molecule has 1 amide bonds. The Hall–Kier alpha value is -2.90. The van der Waals surface area contributed by atoms with E-state index in [9.17, 15) is 18.0 Å². The topological polar surface area (TPSA) is 93.7 Å². The molecular weight excluding hydrogens is 571 g/mol. The minimum absolute atomic E-state index is 0.0454. The molecule has 3 aliphatic rings. The number of carbonyl (C=O) groups excluding carboxylic acids is 1. The van der Waals surface area contributed by atoms with Crippen molar-refractivity contribution in [3.63, 3.8) is 0 Å². The lowest BCUT2D eigenvalue weighted by Crippen LogP contribution is -2.60. The number of hydrogen-bond donors (Lipinski definition) is 1. The highest BCUT2D eigenvalue weighted by molar-refractivity contribution is 5.85. The summed E-state index contributed by atoms with van der Waals surface area (Å²) in [6.45, 7) is 4.66. The minimum atomic E-state index is -4.81. The molecule has 0 radical (unpaired) electrons. The zero-order valence-electron chi connectivity index (χ0n) is 24.5. The lowest BCUT2D eigenvalue weighted by molar-refractivity contribution is -0.274. The average molecular weight is 610 g/mol. The van der Waals surface area contributed by atoms with E-state index >= 15 is 0 Å². The SMILES string of the molecule is COc1cccc(CO[C@]2(C(=O)NCC3CCCO3)CC(OCc3cccc(OC(F)(F)F)c3)[C@@H]3OC(C)(C)O[C@@H]3C2)c1. The van der Waals surface area contributed by atoms with Gasteiger partial charge < -0.3 is 38.5 Å². The van der Waals surface area contributed by atoms with Gasteiger partial charge in [-0.1, -0.05) is 24.3 Å². The summed E-state index contributed by atoms with van der Waals surface area (Å²) >= 11 is 0. The Balaban J connectivity index is 1.38. The van der Waals surface area contributed by atoms with Crippen LogP contribution in [0.4, 0.5) is 13.2 Å². The van der Waals surface area contributed by atoms with E-state index in [1.807, 2.05) is 24.3 Å². The fourth-order valence-corrected chi connectivity index (χ4v) is 5.90. The Kier molecular flexibility index (Phi) is 9.52. The van der Waals surface area contributed by atoms with Crippen LogP contribution in [0, 0.1) is 0 Å². The molecule has 2 saturated heterocycles. The molecule has 2 unspecified atom stereocenters. The van der Waals surface area contributed by atoms with Crippen LogP contribution in [-0.2, 0) is 41.7 Å². The second kappa shape index (κ2) is 13.0. The standard InChI is InChI=1S/C31H38F3NO8/c1-29(2)42-26-16-30(28(36)35-17-24-11-6-12-38-24,40-19-21-8-4-9-22(13-21)37-3)15-25(27(26)43-29)39-18-20-7-5-10-23(14-20)41-31(32,33)34/h4-5,7-10,13-14,24-27H,6,11-12,15-19H2,1-3H3,(H,35,36)/t24?,25?,26-,27+,30-/m1/s1. The summed E-state index contributed by atoms with van der Waals surface area (Å²) in [7, 11) is 1.58. The van der Waals surface area contributed by atoms with E-state index in [0.717, 1.165) is 18.4 Å². The number of rotatable bonds is 11. The Morgan fingerprint density at radius 1 is 1.02 bits per heavy atom. The molecule has 0 spiro atoms. The van der Waals surface area contributed by atoms with Crippen LogP contribution in [-0.4, -0.2) is 68.3 Å². The van der Waals surface area contributed by atoms with E-state index in [-0.39, 0.29) is 43.8 Å². The van der Waals surface area contributed by atoms with Crippen LogP contribution in [0.15, 0.2) is 48.5 Å². The molecule has 0 aromatic heterocycles. The van der Waals surface area contributed by atoms with Gasteiger partial charge in [-0.25, -0.2) is 0 Å². The zero-order valence-corrected chi connectivity index (χ0v) is 24.5. The highest BCUT2D eigenvalue weighted by atomic mass is 19.4. The number of fused-ring (bicyclic) bond motifs is 1. The van der Waals surface area contributed by atoms with Crippen molar-refractivity contribution in [3.8, 4) is 11.5 Å². The molecule has 2 aromatic carbocycles. The number of halogens is 3. The summed E-state index contributed by atoms with van der Waals surface area (Å²) in [6, 6.07) is 13.0. The monoisotopic (exact) mass is 609 g/mol. The predicted molar refractivity (Wildman–Crippen MR) is 147 cm³/mol. The van der Waals surface area contributed by atoms with Crippen molar-refractivity contribution >= 4 is 5.91 Å². The smallest absolute Gasteiger partial charge is 0.497 e.